The Kier molecular flexibility index (Phi) is 4.30. The molecule has 0 fully saturated rings. The van der Waals surface area contributed by atoms with Crippen molar-refractivity contribution >= 4 is 12.0 Å². The Morgan fingerprint density at radius 2 is 2.44 bits per heavy atom. The lowest BCUT2D eigenvalue weighted by Gasteiger charge is -1.91. The van der Waals surface area contributed by atoms with E-state index in [0.717, 1.165) is 0 Å². The molecule has 5 heteroatoms. The van der Waals surface area contributed by atoms with Gasteiger partial charge in [-0.15, -0.1) is 0 Å². The summed E-state index contributed by atoms with van der Waals surface area (Å²) in [5.41, 5.74) is 1.90. The van der Waals surface area contributed by atoms with Crippen LogP contribution in [-0.2, 0) is 9.59 Å². The van der Waals surface area contributed by atoms with Gasteiger partial charge in [0.2, 0.25) is 12.0 Å². The number of hydrazine groups is 1. The first-order valence-corrected chi connectivity index (χ1v) is 2.34. The Labute approximate surface area is 51.9 Å². The van der Waals surface area contributed by atoms with Gasteiger partial charge >= 0.3 is 0 Å². The molecular formula is C4H7N3O2. The number of hydrogen-bond acceptors (Lipinski definition) is 4. The van der Waals surface area contributed by atoms with Crippen LogP contribution in [0.1, 0.15) is 6.42 Å². The van der Waals surface area contributed by atoms with Crippen LogP contribution in [0.2, 0.25) is 0 Å². The summed E-state index contributed by atoms with van der Waals surface area (Å²) in [6.07, 6.45) is 1.43. The maximum absolute atomic E-state index is 10.3. The molecule has 1 amide bonds. The summed E-state index contributed by atoms with van der Waals surface area (Å²) < 4.78 is 0. The molecule has 9 heavy (non-hydrogen) atoms. The number of aliphatic imine (C=N–C) groups is 1. The standard InChI is InChI=1S/C4H7N3O2/c5-7-4(9)1-2-6-3-8/h1-2,5H2,(H,7,9). The SMILES string of the molecule is NNC(=O)CCN=C=O. The zero-order valence-electron chi connectivity index (χ0n) is 4.76. The van der Waals surface area contributed by atoms with E-state index in [0.29, 0.717) is 0 Å². The van der Waals surface area contributed by atoms with Crippen LogP contribution in [0.15, 0.2) is 4.99 Å². The summed E-state index contributed by atoms with van der Waals surface area (Å²) in [6, 6.07) is 0. The predicted molar refractivity (Wildman–Crippen MR) is 29.9 cm³/mol. The number of nitrogens with two attached hydrogens (primary N) is 1. The molecule has 50 valence electrons. The number of hydrogen-bond donors (Lipinski definition) is 2. The van der Waals surface area contributed by atoms with Crippen LogP contribution >= 0.6 is 0 Å². The van der Waals surface area contributed by atoms with E-state index in [1.807, 2.05) is 5.43 Å². The van der Waals surface area contributed by atoms with Crippen LogP contribution < -0.4 is 11.3 Å². The lowest BCUT2D eigenvalue weighted by Crippen LogP contribution is -2.30. The summed E-state index contributed by atoms with van der Waals surface area (Å²) >= 11 is 0. The lowest BCUT2D eigenvalue weighted by molar-refractivity contribution is -0.120. The van der Waals surface area contributed by atoms with Crippen molar-refractivity contribution in [1.29, 1.82) is 0 Å². The highest BCUT2D eigenvalue weighted by Gasteiger charge is 1.93. The Bertz CT molecular complexity index is 139. The third kappa shape index (κ3) is 4.67. The van der Waals surface area contributed by atoms with Gasteiger partial charge < -0.3 is 0 Å². The van der Waals surface area contributed by atoms with Gasteiger partial charge in [-0.25, -0.2) is 15.6 Å². The molecule has 0 aromatic rings. The van der Waals surface area contributed by atoms with Crippen molar-refractivity contribution in [3.05, 3.63) is 0 Å². The summed E-state index contributed by atoms with van der Waals surface area (Å²) in [5.74, 6) is 4.38. The first-order valence-electron chi connectivity index (χ1n) is 2.34. The molecule has 0 aliphatic carbocycles. The molecule has 0 saturated heterocycles. The van der Waals surface area contributed by atoms with Crippen molar-refractivity contribution in [2.45, 2.75) is 6.42 Å². The molecular weight excluding hydrogens is 122 g/mol. The van der Waals surface area contributed by atoms with Crippen molar-refractivity contribution in [1.82, 2.24) is 5.43 Å². The van der Waals surface area contributed by atoms with E-state index in [2.05, 4.69) is 4.99 Å². The van der Waals surface area contributed by atoms with Crippen LogP contribution in [0.5, 0.6) is 0 Å². The fourth-order valence-electron chi connectivity index (χ4n) is 0.275. The number of amides is 1. The average molecular weight is 129 g/mol. The molecule has 0 aliphatic heterocycles. The molecule has 0 aliphatic rings. The van der Waals surface area contributed by atoms with Crippen molar-refractivity contribution < 1.29 is 9.59 Å². The first-order chi connectivity index (χ1) is 4.31. The minimum Gasteiger partial charge on any atom is -0.294 e. The molecule has 0 unspecified atom stereocenters. The van der Waals surface area contributed by atoms with Crippen LogP contribution in [0.3, 0.4) is 0 Å². The van der Waals surface area contributed by atoms with E-state index < -0.39 is 0 Å². The Morgan fingerprint density at radius 3 is 2.89 bits per heavy atom. The van der Waals surface area contributed by atoms with Crippen molar-refractivity contribution in [2.75, 3.05) is 6.54 Å². The second kappa shape index (κ2) is 4.96. The maximum Gasteiger partial charge on any atom is 0.235 e. The number of nitrogens with one attached hydrogen (secondary N) is 1. The molecule has 0 rings (SSSR count). The second-order valence-electron chi connectivity index (χ2n) is 1.29. The van der Waals surface area contributed by atoms with Gasteiger partial charge in [-0.3, -0.25) is 10.2 Å². The number of isocyanates is 1. The van der Waals surface area contributed by atoms with Crippen molar-refractivity contribution in [3.63, 3.8) is 0 Å². The molecule has 0 saturated carbocycles. The Balaban J connectivity index is 3.27. The molecule has 3 N–H and O–H groups in total. The monoisotopic (exact) mass is 129 g/mol. The first kappa shape index (κ1) is 7.81. The third-order valence-electron chi connectivity index (χ3n) is 0.676. The molecule has 5 nitrogen and oxygen atoms in total. The highest BCUT2D eigenvalue weighted by molar-refractivity contribution is 5.75. The van der Waals surface area contributed by atoms with E-state index in [1.54, 1.807) is 0 Å². The zero-order chi connectivity index (χ0) is 7.11. The Hall–Kier alpha value is -1.19. The highest BCUT2D eigenvalue weighted by atomic mass is 16.2. The van der Waals surface area contributed by atoms with E-state index in [1.165, 1.54) is 6.08 Å². The van der Waals surface area contributed by atoms with Gasteiger partial charge in [-0.1, -0.05) is 0 Å². The van der Waals surface area contributed by atoms with Gasteiger partial charge in [0, 0.05) is 6.42 Å². The fourth-order valence-corrected chi connectivity index (χ4v) is 0.275. The molecule has 0 aromatic carbocycles. The van der Waals surface area contributed by atoms with E-state index in [4.69, 9.17) is 5.84 Å². The highest BCUT2D eigenvalue weighted by Crippen LogP contribution is 1.76. The number of rotatable bonds is 3. The topological polar surface area (TPSA) is 84.5 Å². The summed E-state index contributed by atoms with van der Waals surface area (Å²) in [7, 11) is 0. The maximum atomic E-state index is 10.3. The molecule has 0 radical (unpaired) electrons. The fraction of sp³-hybridized carbons (Fsp3) is 0.500. The number of carbonyl (C=O) groups excluding carboxylic acids is 2. The normalized spacial score (nSPS) is 7.67. The van der Waals surface area contributed by atoms with Crippen molar-refractivity contribution in [3.8, 4) is 0 Å². The number of nitrogens with zero attached hydrogens (tertiary/aromatic N) is 1. The van der Waals surface area contributed by atoms with Gasteiger partial charge in [0.05, 0.1) is 6.54 Å². The smallest absolute Gasteiger partial charge is 0.235 e. The van der Waals surface area contributed by atoms with Gasteiger partial charge in [0.1, 0.15) is 0 Å². The van der Waals surface area contributed by atoms with E-state index >= 15 is 0 Å². The predicted octanol–water partition coefficient (Wildman–Crippen LogP) is -1.30. The summed E-state index contributed by atoms with van der Waals surface area (Å²) in [5, 5.41) is 0. The number of carbonyl (C=O) groups is 1. The quantitative estimate of drug-likeness (QED) is 0.163. The van der Waals surface area contributed by atoms with E-state index in [-0.39, 0.29) is 18.9 Å². The van der Waals surface area contributed by atoms with Crippen LogP contribution in [0, 0.1) is 0 Å². The second-order valence-corrected chi connectivity index (χ2v) is 1.29. The van der Waals surface area contributed by atoms with Gasteiger partial charge in [0.15, 0.2) is 0 Å². The average Bonchev–Trinajstić information content (AvgIpc) is 1.89. The van der Waals surface area contributed by atoms with Gasteiger partial charge in [-0.05, 0) is 0 Å². The lowest BCUT2D eigenvalue weighted by atomic mass is 10.4. The minimum absolute atomic E-state index is 0.131. The molecule has 0 aromatic heterocycles. The summed E-state index contributed by atoms with van der Waals surface area (Å²) in [4.78, 5) is 22.8. The molecule has 0 atom stereocenters. The van der Waals surface area contributed by atoms with E-state index in [9.17, 15) is 9.59 Å². The van der Waals surface area contributed by atoms with Crippen LogP contribution in [0.25, 0.3) is 0 Å². The van der Waals surface area contributed by atoms with Crippen LogP contribution in [0.4, 0.5) is 0 Å². The molecule has 0 bridgehead atoms. The van der Waals surface area contributed by atoms with Crippen LogP contribution in [-0.4, -0.2) is 18.5 Å². The zero-order valence-corrected chi connectivity index (χ0v) is 4.76. The third-order valence-corrected chi connectivity index (χ3v) is 0.676. The minimum atomic E-state index is -0.339. The largest absolute Gasteiger partial charge is 0.294 e. The van der Waals surface area contributed by atoms with Gasteiger partial charge in [0.25, 0.3) is 0 Å². The molecule has 0 spiro atoms. The van der Waals surface area contributed by atoms with Crippen molar-refractivity contribution in [2.24, 2.45) is 10.8 Å². The molecule has 0 heterocycles. The van der Waals surface area contributed by atoms with Gasteiger partial charge in [-0.2, -0.15) is 0 Å². The summed E-state index contributed by atoms with van der Waals surface area (Å²) in [6.45, 7) is 0.145. The Morgan fingerprint density at radius 1 is 1.78 bits per heavy atom.